The van der Waals surface area contributed by atoms with E-state index < -0.39 is 16.4 Å². The molecule has 2 aromatic rings. The molecule has 1 amide bonds. The van der Waals surface area contributed by atoms with E-state index in [1.807, 2.05) is 24.3 Å². The minimum Gasteiger partial charge on any atom is -0.387 e. The van der Waals surface area contributed by atoms with E-state index in [-0.39, 0.29) is 22.8 Å². The Hall–Kier alpha value is -2.44. The van der Waals surface area contributed by atoms with Crippen molar-refractivity contribution in [3.8, 4) is 0 Å². The van der Waals surface area contributed by atoms with Crippen LogP contribution in [0.1, 0.15) is 21.5 Å². The molecule has 0 saturated heterocycles. The zero-order valence-corrected chi connectivity index (χ0v) is 13.4. The highest BCUT2D eigenvalue weighted by atomic mass is 35.5. The van der Waals surface area contributed by atoms with Gasteiger partial charge in [-0.15, -0.1) is 0 Å². The molecule has 1 aliphatic carbocycles. The summed E-state index contributed by atoms with van der Waals surface area (Å²) in [4.78, 5) is 22.5. The number of carbonyl (C=O) groups is 1. The molecule has 0 atom stereocenters. The van der Waals surface area contributed by atoms with Crippen molar-refractivity contribution in [1.82, 2.24) is 5.32 Å². The summed E-state index contributed by atoms with van der Waals surface area (Å²) >= 11 is 5.74. The Morgan fingerprint density at radius 2 is 1.88 bits per heavy atom. The molecule has 0 unspecified atom stereocenters. The zero-order valence-electron chi connectivity index (χ0n) is 12.7. The van der Waals surface area contributed by atoms with E-state index in [0.29, 0.717) is 12.8 Å². The van der Waals surface area contributed by atoms with Gasteiger partial charge in [-0.2, -0.15) is 0 Å². The normalized spacial score (nSPS) is 14.9. The third-order valence-corrected chi connectivity index (χ3v) is 4.46. The molecule has 0 aliphatic heterocycles. The van der Waals surface area contributed by atoms with Crippen molar-refractivity contribution < 1.29 is 14.8 Å². The first-order valence-corrected chi connectivity index (χ1v) is 7.77. The fourth-order valence-electron chi connectivity index (χ4n) is 2.94. The van der Waals surface area contributed by atoms with Crippen LogP contribution in [0.5, 0.6) is 0 Å². The smallest absolute Gasteiger partial charge is 0.288 e. The Kier molecular flexibility index (Phi) is 4.26. The molecule has 124 valence electrons. The molecular weight excluding hydrogens is 332 g/mol. The molecule has 0 bridgehead atoms. The van der Waals surface area contributed by atoms with Gasteiger partial charge in [0, 0.05) is 31.0 Å². The number of amides is 1. The largest absolute Gasteiger partial charge is 0.387 e. The molecule has 1 aliphatic rings. The molecule has 0 fully saturated rings. The molecule has 0 aromatic heterocycles. The molecule has 0 spiro atoms. The number of hydrogen-bond acceptors (Lipinski definition) is 4. The maximum Gasteiger partial charge on any atom is 0.288 e. The van der Waals surface area contributed by atoms with Gasteiger partial charge in [0.1, 0.15) is 5.02 Å². The number of benzene rings is 2. The van der Waals surface area contributed by atoms with Crippen LogP contribution >= 0.6 is 11.6 Å². The maximum atomic E-state index is 12.2. The lowest BCUT2D eigenvalue weighted by Gasteiger charge is -2.22. The molecule has 0 radical (unpaired) electrons. The summed E-state index contributed by atoms with van der Waals surface area (Å²) in [5.41, 5.74) is 0.895. The maximum absolute atomic E-state index is 12.2. The van der Waals surface area contributed by atoms with Crippen molar-refractivity contribution >= 4 is 23.2 Å². The van der Waals surface area contributed by atoms with Gasteiger partial charge in [0.15, 0.2) is 0 Å². The number of hydrogen-bond donors (Lipinski definition) is 2. The van der Waals surface area contributed by atoms with Crippen LogP contribution in [-0.2, 0) is 12.8 Å². The third kappa shape index (κ3) is 3.25. The van der Waals surface area contributed by atoms with Crippen LogP contribution in [0.3, 0.4) is 0 Å². The standard InChI is InChI=1S/C17H15ClN2O4/c18-14-6-5-11(7-15(14)20(23)24)16(21)19-10-17(22)8-12-3-1-2-4-13(12)9-17/h1-7,22H,8-10H2,(H,19,21). The van der Waals surface area contributed by atoms with Crippen LogP contribution in [0.2, 0.25) is 5.02 Å². The van der Waals surface area contributed by atoms with E-state index in [4.69, 9.17) is 11.6 Å². The van der Waals surface area contributed by atoms with Crippen LogP contribution in [0.25, 0.3) is 0 Å². The molecule has 6 nitrogen and oxygen atoms in total. The fourth-order valence-corrected chi connectivity index (χ4v) is 3.13. The highest BCUT2D eigenvalue weighted by molar-refractivity contribution is 6.32. The summed E-state index contributed by atoms with van der Waals surface area (Å²) in [6, 6.07) is 11.6. The predicted molar refractivity (Wildman–Crippen MR) is 89.2 cm³/mol. The zero-order chi connectivity index (χ0) is 17.3. The van der Waals surface area contributed by atoms with Crippen LogP contribution < -0.4 is 5.32 Å². The lowest BCUT2D eigenvalue weighted by molar-refractivity contribution is -0.384. The first kappa shape index (κ1) is 16.4. The summed E-state index contributed by atoms with van der Waals surface area (Å²) in [6.45, 7) is 0.0664. The van der Waals surface area contributed by atoms with E-state index in [2.05, 4.69) is 5.32 Å². The Morgan fingerprint density at radius 1 is 1.25 bits per heavy atom. The molecule has 0 heterocycles. The molecule has 2 N–H and O–H groups in total. The van der Waals surface area contributed by atoms with Gasteiger partial charge < -0.3 is 10.4 Å². The first-order valence-electron chi connectivity index (χ1n) is 7.39. The summed E-state index contributed by atoms with van der Waals surface area (Å²) < 4.78 is 0. The van der Waals surface area contributed by atoms with Gasteiger partial charge in [0.25, 0.3) is 11.6 Å². The lowest BCUT2D eigenvalue weighted by Crippen LogP contribution is -2.43. The monoisotopic (exact) mass is 346 g/mol. The van der Waals surface area contributed by atoms with Gasteiger partial charge in [-0.05, 0) is 23.3 Å². The highest BCUT2D eigenvalue weighted by Gasteiger charge is 2.35. The lowest BCUT2D eigenvalue weighted by atomic mass is 10.0. The first-order chi connectivity index (χ1) is 11.4. The van der Waals surface area contributed by atoms with Crippen molar-refractivity contribution in [3.05, 3.63) is 74.3 Å². The number of nitro benzene ring substituents is 1. The number of fused-ring (bicyclic) bond motifs is 1. The van der Waals surface area contributed by atoms with Crippen LogP contribution in [0.4, 0.5) is 5.69 Å². The molecular formula is C17H15ClN2O4. The predicted octanol–water partition coefficient (Wildman–Crippen LogP) is 2.51. The van der Waals surface area contributed by atoms with Crippen molar-refractivity contribution in [3.63, 3.8) is 0 Å². The van der Waals surface area contributed by atoms with Crippen molar-refractivity contribution in [2.75, 3.05) is 6.54 Å². The SMILES string of the molecule is O=C(NCC1(O)Cc2ccccc2C1)c1ccc(Cl)c([N+](=O)[O-])c1. The third-order valence-electron chi connectivity index (χ3n) is 4.14. The van der Waals surface area contributed by atoms with E-state index in [0.717, 1.165) is 17.2 Å². The number of carbonyl (C=O) groups excluding carboxylic acids is 1. The van der Waals surface area contributed by atoms with Crippen LogP contribution in [0.15, 0.2) is 42.5 Å². The quantitative estimate of drug-likeness (QED) is 0.657. The molecule has 3 rings (SSSR count). The average molecular weight is 347 g/mol. The second-order valence-electron chi connectivity index (χ2n) is 5.95. The van der Waals surface area contributed by atoms with Gasteiger partial charge in [0.2, 0.25) is 0 Å². The fraction of sp³-hybridized carbons (Fsp3) is 0.235. The second-order valence-corrected chi connectivity index (χ2v) is 6.36. The second kappa shape index (κ2) is 6.22. The van der Waals surface area contributed by atoms with E-state index in [9.17, 15) is 20.0 Å². The molecule has 0 saturated carbocycles. The summed E-state index contributed by atoms with van der Waals surface area (Å²) in [7, 11) is 0. The average Bonchev–Trinajstić information content (AvgIpc) is 2.89. The van der Waals surface area contributed by atoms with E-state index in [1.54, 1.807) is 0 Å². The minimum absolute atomic E-state index is 0.0265. The summed E-state index contributed by atoms with van der Waals surface area (Å²) in [5, 5.41) is 24.2. The van der Waals surface area contributed by atoms with Gasteiger partial charge in [-0.1, -0.05) is 35.9 Å². The summed E-state index contributed by atoms with van der Waals surface area (Å²) in [6.07, 6.45) is 0.925. The topological polar surface area (TPSA) is 92.5 Å². The van der Waals surface area contributed by atoms with E-state index in [1.165, 1.54) is 12.1 Å². The summed E-state index contributed by atoms with van der Waals surface area (Å²) in [5.74, 6) is -0.487. The van der Waals surface area contributed by atoms with Gasteiger partial charge in [-0.3, -0.25) is 14.9 Å². The number of aliphatic hydroxyl groups is 1. The van der Waals surface area contributed by atoms with Crippen molar-refractivity contribution in [2.45, 2.75) is 18.4 Å². The Balaban J connectivity index is 1.68. The molecule has 7 heteroatoms. The Labute approximate surface area is 143 Å². The molecule has 24 heavy (non-hydrogen) atoms. The number of halogens is 1. The van der Waals surface area contributed by atoms with Crippen molar-refractivity contribution in [1.29, 1.82) is 0 Å². The number of nitro groups is 1. The Morgan fingerprint density at radius 3 is 2.46 bits per heavy atom. The minimum atomic E-state index is -1.04. The Bertz CT molecular complexity index is 797. The molecule has 2 aromatic carbocycles. The number of nitrogens with one attached hydrogen (secondary N) is 1. The van der Waals surface area contributed by atoms with Gasteiger partial charge in [-0.25, -0.2) is 0 Å². The van der Waals surface area contributed by atoms with Crippen LogP contribution in [-0.4, -0.2) is 28.1 Å². The van der Waals surface area contributed by atoms with Gasteiger partial charge >= 0.3 is 0 Å². The van der Waals surface area contributed by atoms with Crippen LogP contribution in [0, 0.1) is 10.1 Å². The highest BCUT2D eigenvalue weighted by Crippen LogP contribution is 2.29. The van der Waals surface area contributed by atoms with Gasteiger partial charge in [0.05, 0.1) is 10.5 Å². The van der Waals surface area contributed by atoms with E-state index >= 15 is 0 Å². The number of nitrogens with zero attached hydrogens (tertiary/aromatic N) is 1. The number of rotatable bonds is 4. The van der Waals surface area contributed by atoms with Crippen molar-refractivity contribution in [2.24, 2.45) is 0 Å².